The largest absolute Gasteiger partial charge is 0.427 e. The number of hydrogen-bond donors (Lipinski definition) is 0. The zero-order valence-corrected chi connectivity index (χ0v) is 18.4. The molecule has 1 heterocycles. The number of halogens is 8. The predicted octanol–water partition coefficient (Wildman–Crippen LogP) is 7.91. The van der Waals surface area contributed by atoms with E-state index in [1.165, 1.54) is 0 Å². The lowest BCUT2D eigenvalue weighted by Crippen LogP contribution is -2.44. The number of ether oxygens (including phenoxy) is 2. The van der Waals surface area contributed by atoms with Gasteiger partial charge < -0.3 is 9.47 Å². The molecule has 0 spiro atoms. The van der Waals surface area contributed by atoms with Gasteiger partial charge in [0.15, 0.2) is 35.1 Å². The van der Waals surface area contributed by atoms with E-state index in [1.807, 2.05) is 6.92 Å². The van der Waals surface area contributed by atoms with Crippen molar-refractivity contribution >= 4 is 10.8 Å². The van der Waals surface area contributed by atoms with Gasteiger partial charge in [-0.25, -0.2) is 22.0 Å². The molecule has 0 saturated carbocycles. The van der Waals surface area contributed by atoms with Gasteiger partial charge in [-0.2, -0.15) is 13.2 Å². The Morgan fingerprint density at radius 2 is 1.57 bits per heavy atom. The van der Waals surface area contributed by atoms with Crippen molar-refractivity contribution in [2.45, 2.75) is 44.8 Å². The monoisotopic (exact) mass is 504 g/mol. The summed E-state index contributed by atoms with van der Waals surface area (Å²) in [4.78, 5) is 0. The zero-order valence-electron chi connectivity index (χ0n) is 18.4. The number of benzene rings is 3. The molecule has 0 N–H and O–H groups in total. The van der Waals surface area contributed by atoms with Crippen molar-refractivity contribution in [3.8, 4) is 16.9 Å². The van der Waals surface area contributed by atoms with Crippen LogP contribution in [0.3, 0.4) is 0 Å². The average molecular weight is 504 g/mol. The Kier molecular flexibility index (Phi) is 6.95. The standard InChI is InChI=1S/C25H20F8O2/c1-2-3-12-4-7-19(34-11-12)25(32,33)35-18-10-13-5-6-15(21(28)20(13)24(31)23(18)30)14-8-16(26)22(29)17(27)9-14/h5-6,8-10,12,19H,2-4,7,11H2,1H3. The predicted molar refractivity (Wildman–Crippen MR) is 112 cm³/mol. The molecular formula is C25H20F8O2. The summed E-state index contributed by atoms with van der Waals surface area (Å²) < 4.78 is 124. The molecule has 1 saturated heterocycles. The van der Waals surface area contributed by atoms with Gasteiger partial charge in [-0.3, -0.25) is 0 Å². The van der Waals surface area contributed by atoms with Crippen molar-refractivity contribution in [3.63, 3.8) is 0 Å². The maximum Gasteiger partial charge on any atom is 0.424 e. The first-order valence-corrected chi connectivity index (χ1v) is 11.0. The topological polar surface area (TPSA) is 18.5 Å². The fourth-order valence-corrected chi connectivity index (χ4v) is 4.28. The highest BCUT2D eigenvalue weighted by atomic mass is 19.3. The highest BCUT2D eigenvalue weighted by Gasteiger charge is 2.46. The third-order valence-corrected chi connectivity index (χ3v) is 6.07. The van der Waals surface area contributed by atoms with E-state index in [4.69, 9.17) is 4.74 Å². The molecule has 35 heavy (non-hydrogen) atoms. The first kappa shape index (κ1) is 25.2. The molecular weight excluding hydrogens is 484 g/mol. The minimum absolute atomic E-state index is 0.0435. The zero-order chi connectivity index (χ0) is 25.5. The lowest BCUT2D eigenvalue weighted by molar-refractivity contribution is -0.265. The van der Waals surface area contributed by atoms with Crippen LogP contribution in [0.4, 0.5) is 35.1 Å². The van der Waals surface area contributed by atoms with Crippen molar-refractivity contribution in [1.82, 2.24) is 0 Å². The molecule has 4 rings (SSSR count). The maximum atomic E-state index is 15.1. The molecule has 2 nitrogen and oxygen atoms in total. The minimum atomic E-state index is -3.99. The molecule has 2 unspecified atom stereocenters. The average Bonchev–Trinajstić information content (AvgIpc) is 2.81. The molecule has 3 aromatic carbocycles. The quantitative estimate of drug-likeness (QED) is 0.251. The normalized spacial score (nSPS) is 18.8. The second-order valence-corrected chi connectivity index (χ2v) is 8.50. The lowest BCUT2D eigenvalue weighted by Gasteiger charge is -2.33. The van der Waals surface area contributed by atoms with Gasteiger partial charge in [0.1, 0.15) is 5.82 Å². The lowest BCUT2D eigenvalue weighted by atomic mass is 9.94. The summed E-state index contributed by atoms with van der Waals surface area (Å²) in [5.74, 6) is -11.1. The Balaban J connectivity index is 1.67. The summed E-state index contributed by atoms with van der Waals surface area (Å²) in [5.41, 5.74) is -1.02. The van der Waals surface area contributed by atoms with Crippen LogP contribution in [0, 0.1) is 40.8 Å². The molecule has 10 heteroatoms. The van der Waals surface area contributed by atoms with E-state index in [-0.39, 0.29) is 24.3 Å². The van der Waals surface area contributed by atoms with Crippen LogP contribution in [0.1, 0.15) is 32.6 Å². The number of rotatable bonds is 6. The Morgan fingerprint density at radius 3 is 2.17 bits per heavy atom. The van der Waals surface area contributed by atoms with Gasteiger partial charge >= 0.3 is 6.11 Å². The van der Waals surface area contributed by atoms with Crippen LogP contribution in [-0.2, 0) is 4.74 Å². The van der Waals surface area contributed by atoms with Gasteiger partial charge in [-0.15, -0.1) is 0 Å². The van der Waals surface area contributed by atoms with Crippen LogP contribution in [0.15, 0.2) is 30.3 Å². The second-order valence-electron chi connectivity index (χ2n) is 8.50. The van der Waals surface area contributed by atoms with E-state index in [0.717, 1.165) is 25.0 Å². The maximum absolute atomic E-state index is 15.1. The van der Waals surface area contributed by atoms with Crippen molar-refractivity contribution in [2.24, 2.45) is 5.92 Å². The first-order valence-electron chi connectivity index (χ1n) is 11.0. The van der Waals surface area contributed by atoms with E-state index >= 15 is 4.39 Å². The van der Waals surface area contributed by atoms with Crippen molar-refractivity contribution in [3.05, 3.63) is 65.2 Å². The molecule has 0 radical (unpaired) electrons. The third kappa shape index (κ3) is 4.80. The highest BCUT2D eigenvalue weighted by Crippen LogP contribution is 2.39. The fraction of sp³-hybridized carbons (Fsp3) is 0.360. The van der Waals surface area contributed by atoms with Gasteiger partial charge in [0.2, 0.25) is 5.82 Å². The SMILES string of the molecule is CCCC1CCC(C(F)(F)Oc2cc3ccc(-c4cc(F)c(F)c(F)c4)c(F)c3c(F)c2F)OC1. The van der Waals surface area contributed by atoms with Crippen LogP contribution in [0.2, 0.25) is 0 Å². The Labute approximate surface area is 195 Å². The summed E-state index contributed by atoms with van der Waals surface area (Å²) in [6.45, 7) is 2.05. The van der Waals surface area contributed by atoms with E-state index in [2.05, 4.69) is 4.74 Å². The van der Waals surface area contributed by atoms with Gasteiger partial charge in [-0.05, 0) is 54.3 Å². The molecule has 0 aliphatic carbocycles. The third-order valence-electron chi connectivity index (χ3n) is 6.07. The first-order chi connectivity index (χ1) is 16.5. The Morgan fingerprint density at radius 1 is 0.886 bits per heavy atom. The van der Waals surface area contributed by atoms with E-state index in [1.54, 1.807) is 0 Å². The Bertz CT molecular complexity index is 1230. The number of hydrogen-bond acceptors (Lipinski definition) is 2. The molecule has 1 aliphatic heterocycles. The van der Waals surface area contributed by atoms with Crippen LogP contribution in [0.5, 0.6) is 5.75 Å². The molecule has 2 atom stereocenters. The van der Waals surface area contributed by atoms with Crippen molar-refractivity contribution in [2.75, 3.05) is 6.61 Å². The Hall–Kier alpha value is -2.88. The van der Waals surface area contributed by atoms with E-state index < -0.39 is 69.4 Å². The summed E-state index contributed by atoms with van der Waals surface area (Å²) in [7, 11) is 0. The van der Waals surface area contributed by atoms with Crippen LogP contribution < -0.4 is 4.74 Å². The number of alkyl halides is 2. The minimum Gasteiger partial charge on any atom is -0.427 e. The second kappa shape index (κ2) is 9.64. The molecule has 0 aromatic heterocycles. The smallest absolute Gasteiger partial charge is 0.424 e. The van der Waals surface area contributed by atoms with E-state index in [0.29, 0.717) is 24.6 Å². The summed E-state index contributed by atoms with van der Waals surface area (Å²) in [5, 5.41) is -1.29. The molecule has 1 aliphatic rings. The van der Waals surface area contributed by atoms with Gasteiger partial charge in [0, 0.05) is 5.56 Å². The van der Waals surface area contributed by atoms with Gasteiger partial charge in [0.25, 0.3) is 0 Å². The van der Waals surface area contributed by atoms with Crippen molar-refractivity contribution in [1.29, 1.82) is 0 Å². The van der Waals surface area contributed by atoms with Crippen LogP contribution in [-0.4, -0.2) is 18.8 Å². The molecule has 1 fully saturated rings. The van der Waals surface area contributed by atoms with Crippen molar-refractivity contribution < 1.29 is 44.6 Å². The molecule has 0 amide bonds. The molecule has 3 aromatic rings. The number of fused-ring (bicyclic) bond motifs is 1. The fourth-order valence-electron chi connectivity index (χ4n) is 4.28. The molecule has 188 valence electrons. The summed E-state index contributed by atoms with van der Waals surface area (Å²) in [6.07, 6.45) is -3.55. The molecule has 0 bridgehead atoms. The van der Waals surface area contributed by atoms with Crippen LogP contribution >= 0.6 is 0 Å². The summed E-state index contributed by atoms with van der Waals surface area (Å²) >= 11 is 0. The summed E-state index contributed by atoms with van der Waals surface area (Å²) in [6, 6.07) is 3.69. The van der Waals surface area contributed by atoms with Crippen LogP contribution in [0.25, 0.3) is 21.9 Å². The highest BCUT2D eigenvalue weighted by molar-refractivity contribution is 5.90. The van der Waals surface area contributed by atoms with Gasteiger partial charge in [0.05, 0.1) is 12.0 Å². The van der Waals surface area contributed by atoms with Gasteiger partial charge in [-0.1, -0.05) is 25.5 Å². The van der Waals surface area contributed by atoms with E-state index in [9.17, 15) is 30.7 Å².